The van der Waals surface area contributed by atoms with E-state index in [4.69, 9.17) is 4.74 Å². The number of amides is 2. The zero-order valence-electron chi connectivity index (χ0n) is 15.1. The number of nitrogens with one attached hydrogen (secondary N) is 2. The van der Waals surface area contributed by atoms with Crippen LogP contribution in [-0.4, -0.2) is 17.9 Å². The maximum absolute atomic E-state index is 12.5. The maximum atomic E-state index is 12.5. The summed E-state index contributed by atoms with van der Waals surface area (Å²) in [4.78, 5) is 23.6. The molecule has 25 heavy (non-hydrogen) atoms. The summed E-state index contributed by atoms with van der Waals surface area (Å²) in [6, 6.07) is 12.8. The molecule has 132 valence electrons. The van der Waals surface area contributed by atoms with Crippen LogP contribution in [0.3, 0.4) is 0 Å². The van der Waals surface area contributed by atoms with Crippen molar-refractivity contribution in [2.24, 2.45) is 0 Å². The number of benzene rings is 2. The number of carbonyl (C=O) groups is 2. The van der Waals surface area contributed by atoms with Gasteiger partial charge < -0.3 is 15.4 Å². The highest BCUT2D eigenvalue weighted by Gasteiger charge is 2.19. The van der Waals surface area contributed by atoms with Crippen LogP contribution in [0.25, 0.3) is 0 Å². The molecule has 2 aromatic carbocycles. The lowest BCUT2D eigenvalue weighted by atomic mass is 10.1. The molecule has 2 N–H and O–H groups in total. The van der Waals surface area contributed by atoms with Crippen molar-refractivity contribution in [1.29, 1.82) is 0 Å². The predicted molar refractivity (Wildman–Crippen MR) is 100.0 cm³/mol. The number of ether oxygens (including phenoxy) is 1. The molecule has 0 spiro atoms. The van der Waals surface area contributed by atoms with Gasteiger partial charge in [-0.25, -0.2) is 0 Å². The fourth-order valence-corrected chi connectivity index (χ4v) is 2.37. The Morgan fingerprint density at radius 1 is 1.00 bits per heavy atom. The van der Waals surface area contributed by atoms with Crippen molar-refractivity contribution in [3.05, 3.63) is 53.6 Å². The normalized spacial score (nSPS) is 11.5. The van der Waals surface area contributed by atoms with Gasteiger partial charge in [0.1, 0.15) is 5.75 Å². The van der Waals surface area contributed by atoms with E-state index in [2.05, 4.69) is 10.6 Å². The third-order valence-electron chi connectivity index (χ3n) is 3.87. The smallest absolute Gasteiger partial charge is 0.265 e. The van der Waals surface area contributed by atoms with Crippen molar-refractivity contribution in [1.82, 2.24) is 0 Å². The van der Waals surface area contributed by atoms with E-state index in [0.29, 0.717) is 23.5 Å². The first kappa shape index (κ1) is 18.5. The van der Waals surface area contributed by atoms with Gasteiger partial charge in [0.05, 0.1) is 0 Å². The van der Waals surface area contributed by atoms with E-state index in [1.807, 2.05) is 39.0 Å². The third kappa shape index (κ3) is 5.35. The molecule has 0 fully saturated rings. The summed E-state index contributed by atoms with van der Waals surface area (Å²) in [5, 5.41) is 5.53. The zero-order chi connectivity index (χ0) is 18.4. The van der Waals surface area contributed by atoms with Crippen LogP contribution in [0.1, 0.15) is 31.4 Å². The van der Waals surface area contributed by atoms with Gasteiger partial charge in [0.15, 0.2) is 6.10 Å². The molecule has 5 nitrogen and oxygen atoms in total. The highest BCUT2D eigenvalue weighted by atomic mass is 16.5. The van der Waals surface area contributed by atoms with Crippen molar-refractivity contribution in [2.75, 3.05) is 10.6 Å². The number of hydrogen-bond donors (Lipinski definition) is 2. The Morgan fingerprint density at radius 2 is 1.68 bits per heavy atom. The molecule has 2 amide bonds. The van der Waals surface area contributed by atoms with Crippen LogP contribution in [0.5, 0.6) is 5.75 Å². The summed E-state index contributed by atoms with van der Waals surface area (Å²) in [7, 11) is 0. The van der Waals surface area contributed by atoms with Gasteiger partial charge in [-0.1, -0.05) is 19.1 Å². The average Bonchev–Trinajstić information content (AvgIpc) is 2.55. The first-order valence-corrected chi connectivity index (χ1v) is 8.31. The monoisotopic (exact) mass is 340 g/mol. The summed E-state index contributed by atoms with van der Waals surface area (Å²) in [5.41, 5.74) is 3.54. The molecule has 1 atom stereocenters. The van der Waals surface area contributed by atoms with E-state index in [-0.39, 0.29) is 11.8 Å². The minimum absolute atomic E-state index is 0.159. The number of hydrogen-bond acceptors (Lipinski definition) is 3. The number of aryl methyl sites for hydroxylation is 2. The second kappa shape index (κ2) is 8.33. The third-order valence-corrected chi connectivity index (χ3v) is 3.87. The number of rotatable bonds is 6. The summed E-state index contributed by atoms with van der Waals surface area (Å²) in [5.74, 6) is 0.297. The molecular weight excluding hydrogens is 316 g/mol. The van der Waals surface area contributed by atoms with Crippen LogP contribution in [0.2, 0.25) is 0 Å². The molecule has 0 unspecified atom stereocenters. The summed E-state index contributed by atoms with van der Waals surface area (Å²) in [6.07, 6.45) is -0.0454. The van der Waals surface area contributed by atoms with E-state index in [0.717, 1.165) is 5.56 Å². The van der Waals surface area contributed by atoms with Gasteiger partial charge in [0.25, 0.3) is 5.91 Å². The van der Waals surface area contributed by atoms with Crippen LogP contribution in [0.4, 0.5) is 11.4 Å². The van der Waals surface area contributed by atoms with Gasteiger partial charge in [-0.3, -0.25) is 9.59 Å². The molecular formula is C20H24N2O3. The number of anilines is 2. The lowest BCUT2D eigenvalue weighted by Gasteiger charge is -2.18. The first-order valence-electron chi connectivity index (χ1n) is 8.31. The van der Waals surface area contributed by atoms with Crippen molar-refractivity contribution in [3.8, 4) is 5.75 Å². The molecule has 0 aliphatic heterocycles. The molecule has 0 saturated carbocycles. The summed E-state index contributed by atoms with van der Waals surface area (Å²) < 4.78 is 5.85. The molecule has 0 saturated heterocycles. The van der Waals surface area contributed by atoms with Gasteiger partial charge >= 0.3 is 0 Å². The van der Waals surface area contributed by atoms with E-state index in [1.165, 1.54) is 12.5 Å². The average molecular weight is 340 g/mol. The maximum Gasteiger partial charge on any atom is 0.265 e. The largest absolute Gasteiger partial charge is 0.481 e. The molecule has 0 heterocycles. The van der Waals surface area contributed by atoms with Crippen molar-refractivity contribution >= 4 is 23.2 Å². The van der Waals surface area contributed by atoms with E-state index >= 15 is 0 Å². The lowest BCUT2D eigenvalue weighted by Crippen LogP contribution is -2.32. The minimum atomic E-state index is -0.591. The van der Waals surface area contributed by atoms with E-state index in [9.17, 15) is 9.59 Å². The molecule has 0 aliphatic rings. The second-order valence-corrected chi connectivity index (χ2v) is 6.01. The van der Waals surface area contributed by atoms with Crippen molar-refractivity contribution in [2.45, 2.75) is 40.2 Å². The first-order chi connectivity index (χ1) is 11.9. The van der Waals surface area contributed by atoms with Crippen LogP contribution in [0.15, 0.2) is 42.5 Å². The lowest BCUT2D eigenvalue weighted by molar-refractivity contribution is -0.122. The Balaban J connectivity index is 2.06. The van der Waals surface area contributed by atoms with Gasteiger partial charge in [0, 0.05) is 18.3 Å². The van der Waals surface area contributed by atoms with Crippen molar-refractivity contribution in [3.63, 3.8) is 0 Å². The molecule has 0 aliphatic carbocycles. The molecule has 5 heteroatoms. The zero-order valence-corrected chi connectivity index (χ0v) is 15.1. The van der Waals surface area contributed by atoms with Crippen LogP contribution < -0.4 is 15.4 Å². The Kier molecular flexibility index (Phi) is 6.17. The van der Waals surface area contributed by atoms with Gasteiger partial charge in [-0.05, 0) is 61.7 Å². The van der Waals surface area contributed by atoms with E-state index in [1.54, 1.807) is 24.3 Å². The molecule has 0 radical (unpaired) electrons. The molecule has 2 rings (SSSR count). The van der Waals surface area contributed by atoms with Crippen molar-refractivity contribution < 1.29 is 14.3 Å². The summed E-state index contributed by atoms with van der Waals surface area (Å²) >= 11 is 0. The highest BCUT2D eigenvalue weighted by molar-refractivity contribution is 5.95. The molecule has 0 aromatic heterocycles. The van der Waals surface area contributed by atoms with Gasteiger partial charge in [0.2, 0.25) is 5.91 Å². The predicted octanol–water partition coefficient (Wildman–Crippen LogP) is 4.06. The summed E-state index contributed by atoms with van der Waals surface area (Å²) in [6.45, 7) is 7.39. The van der Waals surface area contributed by atoms with Crippen LogP contribution >= 0.6 is 0 Å². The fourth-order valence-electron chi connectivity index (χ4n) is 2.37. The molecule has 0 bridgehead atoms. The highest BCUT2D eigenvalue weighted by Crippen LogP contribution is 2.20. The Bertz CT molecular complexity index is 771. The second-order valence-electron chi connectivity index (χ2n) is 6.01. The minimum Gasteiger partial charge on any atom is -0.481 e. The standard InChI is InChI=1S/C20H24N2O3/c1-5-19(25-18-10-9-13(2)14(3)11-18)20(24)22-17-8-6-7-16(12-17)21-15(4)23/h6-12,19H,5H2,1-4H3,(H,21,23)(H,22,24)/t19-/m0/s1. The molecule has 2 aromatic rings. The van der Waals surface area contributed by atoms with Gasteiger partial charge in [-0.15, -0.1) is 0 Å². The Hall–Kier alpha value is -2.82. The van der Waals surface area contributed by atoms with Crippen LogP contribution in [-0.2, 0) is 9.59 Å². The fraction of sp³-hybridized carbons (Fsp3) is 0.300. The Labute approximate surface area is 148 Å². The van der Waals surface area contributed by atoms with Crippen LogP contribution in [0, 0.1) is 13.8 Å². The number of carbonyl (C=O) groups excluding carboxylic acids is 2. The topological polar surface area (TPSA) is 67.4 Å². The quantitative estimate of drug-likeness (QED) is 0.833. The SMILES string of the molecule is CC[C@H](Oc1ccc(C)c(C)c1)C(=O)Nc1cccc(NC(C)=O)c1. The van der Waals surface area contributed by atoms with Gasteiger partial charge in [-0.2, -0.15) is 0 Å². The Morgan fingerprint density at radius 3 is 2.28 bits per heavy atom. The van der Waals surface area contributed by atoms with E-state index < -0.39 is 6.10 Å².